The molecule has 1 aliphatic carbocycles. The first-order valence-electron chi connectivity index (χ1n) is 9.28. The van der Waals surface area contributed by atoms with Crippen LogP contribution in [0.15, 0.2) is 18.2 Å². The summed E-state index contributed by atoms with van der Waals surface area (Å²) >= 11 is 6.28. The number of halogens is 2. The molecule has 2 amide bonds. The molecular weight excluding hydrogens is 385 g/mol. The Kier molecular flexibility index (Phi) is 6.82. The van der Waals surface area contributed by atoms with Crippen LogP contribution in [0.25, 0.3) is 0 Å². The average molecular weight is 414 g/mol. The third-order valence-corrected chi connectivity index (χ3v) is 5.70. The molecule has 27 heavy (non-hydrogen) atoms. The number of likely N-dealkylation sites (tertiary alicyclic amines) is 1. The second-order valence-corrected chi connectivity index (χ2v) is 9.26. The SMILES string of the molecule is CC(C)(C)CC(=O)Nc1ccc(Cl)c(C(=O)N2CC3CCC(N)C3C2)c1.Cl. The Hall–Kier alpha value is -1.30. The minimum atomic E-state index is -0.0960. The summed E-state index contributed by atoms with van der Waals surface area (Å²) in [4.78, 5) is 27.0. The van der Waals surface area contributed by atoms with Gasteiger partial charge in [0.1, 0.15) is 0 Å². The van der Waals surface area contributed by atoms with E-state index in [1.54, 1.807) is 18.2 Å². The molecule has 0 bridgehead atoms. The van der Waals surface area contributed by atoms with E-state index in [2.05, 4.69) is 5.32 Å². The van der Waals surface area contributed by atoms with Gasteiger partial charge in [0.15, 0.2) is 0 Å². The van der Waals surface area contributed by atoms with Crippen molar-refractivity contribution in [3.63, 3.8) is 0 Å². The molecule has 3 N–H and O–H groups in total. The molecule has 2 aliphatic rings. The zero-order valence-electron chi connectivity index (χ0n) is 16.1. The summed E-state index contributed by atoms with van der Waals surface area (Å²) in [5, 5.41) is 3.28. The minimum absolute atomic E-state index is 0. The van der Waals surface area contributed by atoms with Gasteiger partial charge in [0.05, 0.1) is 10.6 Å². The van der Waals surface area contributed by atoms with Gasteiger partial charge in [-0.2, -0.15) is 0 Å². The lowest BCUT2D eigenvalue weighted by molar-refractivity contribution is -0.117. The smallest absolute Gasteiger partial charge is 0.255 e. The third kappa shape index (κ3) is 5.15. The lowest BCUT2D eigenvalue weighted by Gasteiger charge is -2.20. The maximum atomic E-state index is 13.0. The van der Waals surface area contributed by atoms with Crippen molar-refractivity contribution in [2.75, 3.05) is 18.4 Å². The van der Waals surface area contributed by atoms with Gasteiger partial charge in [0.2, 0.25) is 5.91 Å². The molecule has 150 valence electrons. The van der Waals surface area contributed by atoms with E-state index >= 15 is 0 Å². The second kappa shape index (κ2) is 8.38. The fourth-order valence-corrected chi connectivity index (χ4v) is 4.30. The van der Waals surface area contributed by atoms with E-state index in [-0.39, 0.29) is 35.7 Å². The minimum Gasteiger partial charge on any atom is -0.338 e. The molecular formula is C20H29Cl2N3O2. The van der Waals surface area contributed by atoms with Crippen molar-refractivity contribution in [1.82, 2.24) is 4.90 Å². The van der Waals surface area contributed by atoms with Gasteiger partial charge in [-0.3, -0.25) is 9.59 Å². The van der Waals surface area contributed by atoms with Gasteiger partial charge in [-0.1, -0.05) is 32.4 Å². The molecule has 0 radical (unpaired) electrons. The topological polar surface area (TPSA) is 75.4 Å². The van der Waals surface area contributed by atoms with Crippen molar-refractivity contribution >= 4 is 41.5 Å². The lowest BCUT2D eigenvalue weighted by Crippen LogP contribution is -2.33. The largest absolute Gasteiger partial charge is 0.338 e. The number of nitrogens with zero attached hydrogens (tertiary/aromatic N) is 1. The van der Waals surface area contributed by atoms with E-state index in [0.717, 1.165) is 19.4 Å². The maximum absolute atomic E-state index is 13.0. The number of amides is 2. The molecule has 5 nitrogen and oxygen atoms in total. The molecule has 1 aromatic rings. The maximum Gasteiger partial charge on any atom is 0.255 e. The molecule has 1 heterocycles. The van der Waals surface area contributed by atoms with Crippen molar-refractivity contribution in [3.05, 3.63) is 28.8 Å². The molecule has 1 aromatic carbocycles. The quantitative estimate of drug-likeness (QED) is 0.787. The van der Waals surface area contributed by atoms with Crippen LogP contribution in [0.2, 0.25) is 5.02 Å². The highest BCUT2D eigenvalue weighted by atomic mass is 35.5. The molecule has 1 saturated carbocycles. The van der Waals surface area contributed by atoms with E-state index in [1.165, 1.54) is 0 Å². The molecule has 1 aliphatic heterocycles. The Morgan fingerprint density at radius 2 is 1.96 bits per heavy atom. The van der Waals surface area contributed by atoms with Crippen molar-refractivity contribution in [2.45, 2.75) is 46.1 Å². The molecule has 3 rings (SSSR count). The monoisotopic (exact) mass is 413 g/mol. The van der Waals surface area contributed by atoms with Gasteiger partial charge in [0.25, 0.3) is 5.91 Å². The van der Waals surface area contributed by atoms with Crippen LogP contribution in [0.5, 0.6) is 0 Å². The van der Waals surface area contributed by atoms with E-state index in [0.29, 0.717) is 41.1 Å². The molecule has 0 aromatic heterocycles. The van der Waals surface area contributed by atoms with E-state index in [4.69, 9.17) is 17.3 Å². The van der Waals surface area contributed by atoms with Gasteiger partial charge in [-0.25, -0.2) is 0 Å². The second-order valence-electron chi connectivity index (χ2n) is 8.86. The van der Waals surface area contributed by atoms with Crippen LogP contribution < -0.4 is 11.1 Å². The number of nitrogens with two attached hydrogens (primary N) is 1. The van der Waals surface area contributed by atoms with Crippen LogP contribution >= 0.6 is 24.0 Å². The summed E-state index contributed by atoms with van der Waals surface area (Å²) in [5.41, 5.74) is 7.11. The van der Waals surface area contributed by atoms with E-state index in [9.17, 15) is 9.59 Å². The van der Waals surface area contributed by atoms with Crippen molar-refractivity contribution < 1.29 is 9.59 Å². The first-order chi connectivity index (χ1) is 12.1. The summed E-state index contributed by atoms with van der Waals surface area (Å²) < 4.78 is 0. The van der Waals surface area contributed by atoms with Crippen LogP contribution in [0.3, 0.4) is 0 Å². The van der Waals surface area contributed by atoms with Crippen LogP contribution in [0.4, 0.5) is 5.69 Å². The molecule has 2 fully saturated rings. The van der Waals surface area contributed by atoms with Gasteiger partial charge >= 0.3 is 0 Å². The number of benzene rings is 1. The highest BCUT2D eigenvalue weighted by Crippen LogP contribution is 2.38. The Labute approximate surface area is 172 Å². The number of anilines is 1. The summed E-state index contributed by atoms with van der Waals surface area (Å²) in [6.07, 6.45) is 2.55. The first kappa shape index (κ1) is 22.0. The van der Waals surface area contributed by atoms with Crippen molar-refractivity contribution in [2.24, 2.45) is 23.0 Å². The lowest BCUT2D eigenvalue weighted by atomic mass is 9.92. The van der Waals surface area contributed by atoms with Crippen LogP contribution in [-0.2, 0) is 4.79 Å². The molecule has 3 unspecified atom stereocenters. The third-order valence-electron chi connectivity index (χ3n) is 5.37. The molecule has 1 saturated heterocycles. The Morgan fingerprint density at radius 1 is 1.26 bits per heavy atom. The zero-order chi connectivity index (χ0) is 19.1. The van der Waals surface area contributed by atoms with E-state index in [1.807, 2.05) is 25.7 Å². The summed E-state index contributed by atoms with van der Waals surface area (Å²) in [6, 6.07) is 5.27. The van der Waals surface area contributed by atoms with Crippen molar-refractivity contribution in [3.8, 4) is 0 Å². The number of nitrogens with one attached hydrogen (secondary N) is 1. The zero-order valence-corrected chi connectivity index (χ0v) is 17.7. The highest BCUT2D eigenvalue weighted by Gasteiger charge is 2.42. The summed E-state index contributed by atoms with van der Waals surface area (Å²) in [7, 11) is 0. The fraction of sp³-hybridized carbons (Fsp3) is 0.600. The van der Waals surface area contributed by atoms with Gasteiger partial charge in [-0.05, 0) is 48.3 Å². The summed E-state index contributed by atoms with van der Waals surface area (Å²) in [5.74, 6) is 0.748. The Morgan fingerprint density at radius 3 is 2.59 bits per heavy atom. The highest BCUT2D eigenvalue weighted by molar-refractivity contribution is 6.34. The van der Waals surface area contributed by atoms with Gasteiger partial charge < -0.3 is 16.0 Å². The van der Waals surface area contributed by atoms with E-state index < -0.39 is 0 Å². The molecule has 0 spiro atoms. The normalized spacial score (nSPS) is 24.3. The molecule has 3 atom stereocenters. The molecule has 7 heteroatoms. The Balaban J connectivity index is 0.00000261. The van der Waals surface area contributed by atoms with Crippen molar-refractivity contribution in [1.29, 1.82) is 0 Å². The Bertz CT molecular complexity index is 718. The fourth-order valence-electron chi connectivity index (χ4n) is 4.10. The van der Waals surface area contributed by atoms with Gasteiger partial charge in [-0.15, -0.1) is 12.4 Å². The average Bonchev–Trinajstić information content (AvgIpc) is 3.09. The number of hydrogen-bond acceptors (Lipinski definition) is 3. The number of hydrogen-bond donors (Lipinski definition) is 2. The predicted octanol–water partition coefficient (Wildman–Crippen LogP) is 3.95. The number of rotatable bonds is 3. The number of carbonyl (C=O) groups excluding carboxylic acids is 2. The van der Waals surface area contributed by atoms with Crippen LogP contribution in [0.1, 0.15) is 50.4 Å². The van der Waals surface area contributed by atoms with Gasteiger partial charge in [0, 0.05) is 31.2 Å². The number of carbonyl (C=O) groups is 2. The standard InChI is InChI=1S/C20H28ClN3O2.ClH/c1-20(2,3)9-18(25)23-13-5-6-16(21)14(8-13)19(26)24-10-12-4-7-17(22)15(12)11-24;/h5-6,8,12,15,17H,4,7,9-11,22H2,1-3H3,(H,23,25);1H. The summed E-state index contributed by atoms with van der Waals surface area (Å²) in [6.45, 7) is 7.48. The predicted molar refractivity (Wildman–Crippen MR) is 111 cm³/mol. The number of fused-ring (bicyclic) bond motifs is 1. The van der Waals surface area contributed by atoms with Crippen LogP contribution in [0, 0.1) is 17.3 Å². The van der Waals surface area contributed by atoms with Crippen LogP contribution in [-0.4, -0.2) is 35.8 Å². The first-order valence-corrected chi connectivity index (χ1v) is 9.66.